The fourth-order valence-corrected chi connectivity index (χ4v) is 7.98. The third-order valence-electron chi connectivity index (χ3n) is 7.73. The number of hydrogen-bond acceptors (Lipinski definition) is 1. The Bertz CT molecular complexity index is 397. The first-order valence-corrected chi connectivity index (χ1v) is 10.2. The van der Waals surface area contributed by atoms with Gasteiger partial charge in [0.25, 0.3) is 0 Å². The smallest absolute Gasteiger partial charge is 0.105 e. The van der Waals surface area contributed by atoms with Crippen LogP contribution in [0.2, 0.25) is 5.82 Å². The van der Waals surface area contributed by atoms with Crippen molar-refractivity contribution in [2.24, 2.45) is 35.0 Å². The van der Waals surface area contributed by atoms with E-state index in [1.807, 2.05) is 0 Å². The van der Waals surface area contributed by atoms with Gasteiger partial charge >= 0.3 is 0 Å². The molecule has 0 spiro atoms. The summed E-state index contributed by atoms with van der Waals surface area (Å²) in [5, 5.41) is 0.716. The van der Waals surface area contributed by atoms with Crippen LogP contribution in [0.4, 0.5) is 0 Å². The lowest BCUT2D eigenvalue weighted by Gasteiger charge is -2.49. The van der Waals surface area contributed by atoms with E-state index in [-0.39, 0.29) is 0 Å². The van der Waals surface area contributed by atoms with E-state index in [0.717, 1.165) is 40.8 Å². The topological polar surface area (TPSA) is 0 Å². The molecule has 8 unspecified atom stereocenters. The van der Waals surface area contributed by atoms with E-state index in [1.165, 1.54) is 44.9 Å². The van der Waals surface area contributed by atoms with Crippen molar-refractivity contribution in [3.05, 3.63) is 0 Å². The van der Waals surface area contributed by atoms with Gasteiger partial charge in [-0.2, -0.15) is 12.6 Å². The highest BCUT2D eigenvalue weighted by Gasteiger charge is 2.48. The Kier molecular flexibility index (Phi) is 3.92. The maximum Gasteiger partial charge on any atom is 0.105 e. The molecule has 21 heavy (non-hydrogen) atoms. The third kappa shape index (κ3) is 2.84. The summed E-state index contributed by atoms with van der Waals surface area (Å²) in [5.74, 6) is 5.97. The summed E-state index contributed by atoms with van der Waals surface area (Å²) in [6.45, 7) is 2.57. The molecule has 0 aromatic heterocycles. The Hall–Kier alpha value is 0.415. The fourth-order valence-electron chi connectivity index (χ4n) is 7.41. The largest absolute Gasteiger partial charge is 0.176 e. The summed E-state index contributed by atoms with van der Waals surface area (Å²) in [6.07, 6.45) is 15.2. The molecule has 2 heteroatoms. The van der Waals surface area contributed by atoms with Gasteiger partial charge in [-0.25, -0.2) is 0 Å². The average Bonchev–Trinajstić information content (AvgIpc) is 2.49. The Balaban J connectivity index is 1.72. The van der Waals surface area contributed by atoms with Crippen LogP contribution in [0.15, 0.2) is 0 Å². The van der Waals surface area contributed by atoms with Gasteiger partial charge in [0.15, 0.2) is 0 Å². The Labute approximate surface area is 138 Å². The lowest BCUT2D eigenvalue weighted by atomic mass is 9.53. The molecule has 0 amide bonds. The Morgan fingerprint density at radius 1 is 0.857 bits per heavy atom. The maximum atomic E-state index is 5.04. The van der Waals surface area contributed by atoms with E-state index in [4.69, 9.17) is 12.6 Å². The number of rotatable bonds is 0. The number of hydrogen-bond donors (Lipinski definition) is 1. The van der Waals surface area contributed by atoms with E-state index in [1.54, 1.807) is 19.3 Å². The molecular formula is C19H33BS. The molecule has 0 nitrogen and oxygen atoms in total. The number of thiol groups is 1. The molecule has 5 rings (SSSR count). The summed E-state index contributed by atoms with van der Waals surface area (Å²) < 4.78 is 0. The molecule has 5 aliphatic carbocycles. The van der Waals surface area contributed by atoms with Gasteiger partial charge in [0.2, 0.25) is 0 Å². The minimum absolute atomic E-state index is 0.716. The molecule has 5 bridgehead atoms. The monoisotopic (exact) mass is 304 g/mol. The molecular weight excluding hydrogens is 271 g/mol. The second kappa shape index (κ2) is 5.50. The molecule has 0 radical (unpaired) electrons. The van der Waals surface area contributed by atoms with Crippen molar-refractivity contribution in [2.45, 2.75) is 82.2 Å². The Morgan fingerprint density at radius 3 is 2.52 bits per heavy atom. The van der Waals surface area contributed by atoms with Gasteiger partial charge in [-0.1, -0.05) is 32.0 Å². The van der Waals surface area contributed by atoms with Crippen LogP contribution in [-0.4, -0.2) is 13.1 Å². The van der Waals surface area contributed by atoms with Gasteiger partial charge in [0, 0.05) is 5.25 Å². The van der Waals surface area contributed by atoms with Crippen LogP contribution in [0.5, 0.6) is 0 Å². The minimum Gasteiger partial charge on any atom is -0.176 e. The van der Waals surface area contributed by atoms with E-state index >= 15 is 0 Å². The SMILES string of the molecule is BC1CC2CC3(C1)CC(C)CC2CC1CCC(CC1S)C3. The standard InChI is InChI=1S/C19H33BS/c1-12-4-15-6-14-3-2-13(5-18(14)21)9-19(8-12)10-16(15)7-17(20)11-19/h12-18,21H,2-11,20H2,1H3. The molecule has 0 aliphatic heterocycles. The first-order chi connectivity index (χ1) is 10.0. The van der Waals surface area contributed by atoms with Crippen molar-refractivity contribution in [3.8, 4) is 0 Å². The Morgan fingerprint density at radius 2 is 1.71 bits per heavy atom. The van der Waals surface area contributed by atoms with Gasteiger partial charge in [0.05, 0.1) is 0 Å². The molecule has 5 saturated carbocycles. The van der Waals surface area contributed by atoms with Crippen LogP contribution < -0.4 is 0 Å². The average molecular weight is 304 g/mol. The zero-order valence-electron chi connectivity index (χ0n) is 14.1. The summed E-state index contributed by atoms with van der Waals surface area (Å²) in [7, 11) is 2.55. The third-order valence-corrected chi connectivity index (χ3v) is 8.36. The van der Waals surface area contributed by atoms with Crippen molar-refractivity contribution in [3.63, 3.8) is 0 Å². The highest BCUT2D eigenvalue weighted by atomic mass is 32.1. The molecule has 0 N–H and O–H groups in total. The second-order valence-electron chi connectivity index (χ2n) is 9.76. The molecule has 0 saturated heterocycles. The van der Waals surface area contributed by atoms with E-state index < -0.39 is 0 Å². The molecule has 118 valence electrons. The van der Waals surface area contributed by atoms with E-state index in [2.05, 4.69) is 14.8 Å². The molecule has 5 aliphatic rings. The van der Waals surface area contributed by atoms with Crippen LogP contribution in [0.25, 0.3) is 0 Å². The normalized spacial score (nSPS) is 57.0. The van der Waals surface area contributed by atoms with Crippen molar-refractivity contribution >= 4 is 20.5 Å². The predicted octanol–water partition coefficient (Wildman–Crippen LogP) is 4.75. The zero-order chi connectivity index (χ0) is 14.6. The summed E-state index contributed by atoms with van der Waals surface area (Å²) >= 11 is 5.04. The van der Waals surface area contributed by atoms with Crippen molar-refractivity contribution in [1.82, 2.24) is 0 Å². The minimum atomic E-state index is 0.716. The zero-order valence-corrected chi connectivity index (χ0v) is 15.0. The van der Waals surface area contributed by atoms with Gasteiger partial charge in [-0.3, -0.25) is 0 Å². The maximum absolute atomic E-state index is 5.04. The second-order valence-corrected chi connectivity index (χ2v) is 10.4. The van der Waals surface area contributed by atoms with Crippen LogP contribution in [0.3, 0.4) is 0 Å². The molecule has 0 aromatic rings. The first-order valence-electron chi connectivity index (χ1n) is 9.71. The first kappa shape index (κ1) is 15.0. The van der Waals surface area contributed by atoms with Crippen molar-refractivity contribution in [2.75, 3.05) is 0 Å². The highest BCUT2D eigenvalue weighted by Crippen LogP contribution is 2.60. The van der Waals surface area contributed by atoms with Gasteiger partial charge in [0.1, 0.15) is 7.85 Å². The molecule has 8 atom stereocenters. The van der Waals surface area contributed by atoms with E-state index in [9.17, 15) is 0 Å². The predicted molar refractivity (Wildman–Crippen MR) is 96.8 cm³/mol. The summed E-state index contributed by atoms with van der Waals surface area (Å²) in [6, 6.07) is 0. The van der Waals surface area contributed by atoms with Gasteiger partial charge in [-0.05, 0) is 80.0 Å². The van der Waals surface area contributed by atoms with Gasteiger partial charge < -0.3 is 0 Å². The summed E-state index contributed by atoms with van der Waals surface area (Å²) in [5.41, 5.74) is 0.721. The van der Waals surface area contributed by atoms with Crippen LogP contribution in [-0.2, 0) is 0 Å². The molecule has 0 heterocycles. The quantitative estimate of drug-likeness (QED) is 0.484. The van der Waals surface area contributed by atoms with Crippen LogP contribution in [0, 0.1) is 35.0 Å². The van der Waals surface area contributed by atoms with Crippen molar-refractivity contribution < 1.29 is 0 Å². The lowest BCUT2D eigenvalue weighted by molar-refractivity contribution is 0.0510. The lowest BCUT2D eigenvalue weighted by Crippen LogP contribution is -2.39. The van der Waals surface area contributed by atoms with Crippen LogP contribution in [0.1, 0.15) is 71.1 Å². The van der Waals surface area contributed by atoms with E-state index in [0.29, 0.717) is 5.25 Å². The highest BCUT2D eigenvalue weighted by molar-refractivity contribution is 7.81. The summed E-state index contributed by atoms with van der Waals surface area (Å²) in [4.78, 5) is 0. The van der Waals surface area contributed by atoms with Crippen molar-refractivity contribution in [1.29, 1.82) is 0 Å². The molecule has 5 fully saturated rings. The van der Waals surface area contributed by atoms with Gasteiger partial charge in [-0.15, -0.1) is 0 Å². The fraction of sp³-hybridized carbons (Fsp3) is 1.00. The van der Waals surface area contributed by atoms with Crippen LogP contribution >= 0.6 is 12.6 Å². The molecule has 0 aromatic carbocycles. The number of fused-ring (bicyclic) bond motifs is 2.